The molecule has 0 saturated carbocycles. The molecule has 0 aliphatic heterocycles. The van der Waals surface area contributed by atoms with E-state index in [0.29, 0.717) is 17.5 Å². The van der Waals surface area contributed by atoms with Crippen LogP contribution in [0.3, 0.4) is 0 Å². The first-order valence-electron chi connectivity index (χ1n) is 17.2. The molecule has 0 aliphatic rings. The summed E-state index contributed by atoms with van der Waals surface area (Å²) in [4.78, 5) is 14.8. The first-order chi connectivity index (χ1) is 25.3. The lowest BCUT2D eigenvalue weighted by molar-refractivity contribution is 1.07. The predicted molar refractivity (Wildman–Crippen MR) is 211 cm³/mol. The molecule has 4 heteroatoms. The molecule has 0 fully saturated rings. The molecule has 0 radical (unpaired) electrons. The highest BCUT2D eigenvalue weighted by atomic mass is 15.0. The molecule has 0 N–H and O–H groups in total. The number of fused-ring (bicyclic) bond motifs is 6. The normalized spacial score (nSPS) is 11.5. The van der Waals surface area contributed by atoms with Crippen molar-refractivity contribution in [1.82, 2.24) is 19.5 Å². The van der Waals surface area contributed by atoms with E-state index in [1.807, 2.05) is 60.7 Å². The summed E-state index contributed by atoms with van der Waals surface area (Å²) >= 11 is 0. The van der Waals surface area contributed by atoms with Crippen LogP contribution in [-0.4, -0.2) is 19.5 Å². The topological polar surface area (TPSA) is 43.6 Å². The molecular formula is C47H30N4. The molecule has 0 saturated heterocycles. The molecule has 2 aromatic heterocycles. The molecule has 0 atom stereocenters. The molecule has 0 spiro atoms. The van der Waals surface area contributed by atoms with Gasteiger partial charge in [-0.05, 0) is 75.1 Å². The Bertz CT molecular complexity index is 2830. The minimum atomic E-state index is 0.642. The summed E-state index contributed by atoms with van der Waals surface area (Å²) in [5.74, 6) is 1.95. The van der Waals surface area contributed by atoms with Crippen molar-refractivity contribution in [2.45, 2.75) is 0 Å². The van der Waals surface area contributed by atoms with E-state index < -0.39 is 0 Å². The SMILES string of the molecule is c1ccc(-c2nc(-c3ccccc3)nc(-c3ccc(-n4c5ccccc5c5c6cc(-c7cccc8ccccc78)ccc6ccc54)cc3)n2)cc1. The summed E-state index contributed by atoms with van der Waals surface area (Å²) < 4.78 is 2.37. The highest BCUT2D eigenvalue weighted by Gasteiger charge is 2.17. The molecule has 238 valence electrons. The van der Waals surface area contributed by atoms with Crippen LogP contribution < -0.4 is 0 Å². The molecule has 0 amide bonds. The second kappa shape index (κ2) is 11.9. The fourth-order valence-electron chi connectivity index (χ4n) is 7.41. The van der Waals surface area contributed by atoms with E-state index in [9.17, 15) is 0 Å². The molecule has 4 nitrogen and oxygen atoms in total. The van der Waals surface area contributed by atoms with Crippen LogP contribution in [0.2, 0.25) is 0 Å². The molecule has 10 rings (SSSR count). The van der Waals surface area contributed by atoms with E-state index >= 15 is 0 Å². The second-order valence-electron chi connectivity index (χ2n) is 12.9. The van der Waals surface area contributed by atoms with Crippen LogP contribution in [0.1, 0.15) is 0 Å². The third-order valence-electron chi connectivity index (χ3n) is 9.84. The number of hydrogen-bond acceptors (Lipinski definition) is 3. The Labute approximate surface area is 295 Å². The van der Waals surface area contributed by atoms with Crippen LogP contribution in [-0.2, 0) is 0 Å². The Hall–Kier alpha value is -6.91. The third-order valence-corrected chi connectivity index (χ3v) is 9.84. The van der Waals surface area contributed by atoms with E-state index in [1.165, 1.54) is 54.5 Å². The van der Waals surface area contributed by atoms with Crippen molar-refractivity contribution >= 4 is 43.4 Å². The molecule has 0 unspecified atom stereocenters. The maximum atomic E-state index is 4.95. The Balaban J connectivity index is 1.12. The summed E-state index contributed by atoms with van der Waals surface area (Å²) in [7, 11) is 0. The Morgan fingerprint density at radius 1 is 0.333 bits per heavy atom. The Morgan fingerprint density at radius 3 is 1.57 bits per heavy atom. The summed E-state index contributed by atoms with van der Waals surface area (Å²) in [6.45, 7) is 0. The van der Waals surface area contributed by atoms with Gasteiger partial charge in [-0.2, -0.15) is 0 Å². The van der Waals surface area contributed by atoms with Crippen LogP contribution in [0.15, 0.2) is 182 Å². The number of nitrogens with zero attached hydrogens (tertiary/aromatic N) is 4. The molecule has 51 heavy (non-hydrogen) atoms. The van der Waals surface area contributed by atoms with Crippen LogP contribution in [0.4, 0.5) is 0 Å². The van der Waals surface area contributed by atoms with Crippen molar-refractivity contribution in [2.75, 3.05) is 0 Å². The van der Waals surface area contributed by atoms with Crippen molar-refractivity contribution in [2.24, 2.45) is 0 Å². The average Bonchev–Trinajstić information content (AvgIpc) is 3.56. The monoisotopic (exact) mass is 650 g/mol. The van der Waals surface area contributed by atoms with Gasteiger partial charge in [-0.3, -0.25) is 0 Å². The van der Waals surface area contributed by atoms with E-state index in [0.717, 1.165) is 22.4 Å². The predicted octanol–water partition coefficient (Wildman–Crippen LogP) is 11.9. The van der Waals surface area contributed by atoms with E-state index in [-0.39, 0.29) is 0 Å². The summed E-state index contributed by atoms with van der Waals surface area (Å²) in [5, 5.41) is 7.47. The van der Waals surface area contributed by atoms with Crippen LogP contribution in [0.25, 0.3) is 94.3 Å². The molecule has 2 heterocycles. The summed E-state index contributed by atoms with van der Waals surface area (Å²) in [5.41, 5.74) is 8.72. The minimum Gasteiger partial charge on any atom is -0.309 e. The lowest BCUT2D eigenvalue weighted by Gasteiger charge is -2.11. The number of rotatable bonds is 5. The fourth-order valence-corrected chi connectivity index (χ4v) is 7.41. The molecular weight excluding hydrogens is 621 g/mol. The van der Waals surface area contributed by atoms with Crippen molar-refractivity contribution in [3.05, 3.63) is 182 Å². The zero-order chi connectivity index (χ0) is 33.7. The molecule has 8 aromatic carbocycles. The molecule has 0 bridgehead atoms. The van der Waals surface area contributed by atoms with Crippen LogP contribution in [0.5, 0.6) is 0 Å². The zero-order valence-corrected chi connectivity index (χ0v) is 27.6. The van der Waals surface area contributed by atoms with E-state index in [2.05, 4.69) is 126 Å². The first kappa shape index (κ1) is 29.0. The summed E-state index contributed by atoms with van der Waals surface area (Å²) in [6, 6.07) is 64.1. The van der Waals surface area contributed by atoms with Crippen molar-refractivity contribution in [3.8, 4) is 51.0 Å². The van der Waals surface area contributed by atoms with Gasteiger partial charge in [0.15, 0.2) is 17.5 Å². The highest BCUT2D eigenvalue weighted by molar-refractivity contribution is 6.22. The first-order valence-corrected chi connectivity index (χ1v) is 17.2. The van der Waals surface area contributed by atoms with Crippen molar-refractivity contribution in [1.29, 1.82) is 0 Å². The smallest absolute Gasteiger partial charge is 0.164 e. The van der Waals surface area contributed by atoms with Gasteiger partial charge in [-0.1, -0.05) is 140 Å². The van der Waals surface area contributed by atoms with E-state index in [1.54, 1.807) is 0 Å². The fraction of sp³-hybridized carbons (Fsp3) is 0. The summed E-state index contributed by atoms with van der Waals surface area (Å²) in [6.07, 6.45) is 0. The maximum absolute atomic E-state index is 4.95. The van der Waals surface area contributed by atoms with Crippen molar-refractivity contribution < 1.29 is 0 Å². The minimum absolute atomic E-state index is 0.642. The standard InChI is InChI=1S/C47H30N4/c1-3-13-33(14-4-1)45-48-46(34-15-5-2-6-16-34)50-47(49-45)35-24-27-37(28-25-35)51-42-21-10-9-19-40(42)44-41-30-36(23-22-32(41)26-29-43(44)51)39-20-11-17-31-12-7-8-18-38(31)39/h1-30H. The second-order valence-corrected chi connectivity index (χ2v) is 12.9. The number of aromatic nitrogens is 4. The van der Waals surface area contributed by atoms with E-state index in [4.69, 9.17) is 15.0 Å². The lowest BCUT2D eigenvalue weighted by atomic mass is 9.95. The van der Waals surface area contributed by atoms with Gasteiger partial charge < -0.3 is 4.57 Å². The number of para-hydroxylation sites is 1. The van der Waals surface area contributed by atoms with Crippen LogP contribution in [0, 0.1) is 0 Å². The van der Waals surface area contributed by atoms with Gasteiger partial charge in [0.1, 0.15) is 0 Å². The third kappa shape index (κ3) is 4.96. The Kier molecular flexibility index (Phi) is 6.78. The Morgan fingerprint density at radius 2 is 0.863 bits per heavy atom. The van der Waals surface area contributed by atoms with Crippen molar-refractivity contribution in [3.63, 3.8) is 0 Å². The largest absolute Gasteiger partial charge is 0.309 e. The van der Waals surface area contributed by atoms with Crippen LogP contribution >= 0.6 is 0 Å². The molecule has 10 aromatic rings. The molecule has 0 aliphatic carbocycles. The van der Waals surface area contributed by atoms with Gasteiger partial charge in [0, 0.05) is 33.2 Å². The number of benzene rings is 8. The maximum Gasteiger partial charge on any atom is 0.164 e. The lowest BCUT2D eigenvalue weighted by Crippen LogP contribution is -2.00. The average molecular weight is 651 g/mol. The van der Waals surface area contributed by atoms with Gasteiger partial charge in [-0.25, -0.2) is 15.0 Å². The highest BCUT2D eigenvalue weighted by Crippen LogP contribution is 2.39. The quantitative estimate of drug-likeness (QED) is 0.186. The van der Waals surface area contributed by atoms with Gasteiger partial charge in [0.25, 0.3) is 0 Å². The van der Waals surface area contributed by atoms with Gasteiger partial charge in [0.2, 0.25) is 0 Å². The zero-order valence-electron chi connectivity index (χ0n) is 27.6. The van der Waals surface area contributed by atoms with Gasteiger partial charge in [0.05, 0.1) is 11.0 Å². The van der Waals surface area contributed by atoms with Gasteiger partial charge >= 0.3 is 0 Å². The number of hydrogen-bond donors (Lipinski definition) is 0. The van der Waals surface area contributed by atoms with Gasteiger partial charge in [-0.15, -0.1) is 0 Å².